The molecule has 1 heterocycles. The predicted octanol–water partition coefficient (Wildman–Crippen LogP) is 0.550. The van der Waals surface area contributed by atoms with Gasteiger partial charge in [-0.2, -0.15) is 0 Å². The zero-order valence-corrected chi connectivity index (χ0v) is 10.1. The van der Waals surface area contributed by atoms with Crippen molar-refractivity contribution in [3.63, 3.8) is 0 Å². The molecule has 2 atom stereocenters. The summed E-state index contributed by atoms with van der Waals surface area (Å²) in [6.45, 7) is 1.94. The van der Waals surface area contributed by atoms with Crippen molar-refractivity contribution < 1.29 is 14.7 Å². The highest BCUT2D eigenvalue weighted by Gasteiger charge is 2.27. The molecule has 18 heavy (non-hydrogen) atoms. The summed E-state index contributed by atoms with van der Waals surface area (Å²) in [6.07, 6.45) is -0.0296. The molecule has 1 aliphatic rings. The van der Waals surface area contributed by atoms with Gasteiger partial charge in [0.1, 0.15) is 0 Å². The number of rotatable bonds is 3. The molecule has 1 amide bonds. The zero-order valence-electron chi connectivity index (χ0n) is 10.1. The van der Waals surface area contributed by atoms with E-state index in [9.17, 15) is 14.7 Å². The fourth-order valence-corrected chi connectivity index (χ4v) is 1.93. The van der Waals surface area contributed by atoms with E-state index in [1.54, 1.807) is 24.3 Å². The first kappa shape index (κ1) is 12.7. The average Bonchev–Trinajstić information content (AvgIpc) is 2.76. The Morgan fingerprint density at radius 1 is 1.33 bits per heavy atom. The van der Waals surface area contributed by atoms with Crippen LogP contribution in [0.25, 0.3) is 0 Å². The molecule has 0 spiro atoms. The normalized spacial score (nSPS) is 22.8. The minimum Gasteiger partial charge on any atom is -0.392 e. The van der Waals surface area contributed by atoms with Crippen molar-refractivity contribution >= 4 is 17.4 Å². The van der Waals surface area contributed by atoms with Crippen LogP contribution in [0, 0.1) is 0 Å². The van der Waals surface area contributed by atoms with Gasteiger partial charge >= 0.3 is 0 Å². The summed E-state index contributed by atoms with van der Waals surface area (Å²) < 4.78 is 0. The topological polar surface area (TPSA) is 78.4 Å². The predicted molar refractivity (Wildman–Crippen MR) is 67.5 cm³/mol. The number of aliphatic hydroxyl groups is 1. The summed E-state index contributed by atoms with van der Waals surface area (Å²) in [7, 11) is 0. The molecule has 96 valence electrons. The van der Waals surface area contributed by atoms with E-state index < -0.39 is 6.10 Å². The monoisotopic (exact) mass is 248 g/mol. The summed E-state index contributed by atoms with van der Waals surface area (Å²) >= 11 is 0. The average molecular weight is 248 g/mol. The molecule has 1 fully saturated rings. The van der Waals surface area contributed by atoms with Crippen LogP contribution in [-0.2, 0) is 4.79 Å². The fourth-order valence-electron chi connectivity index (χ4n) is 1.93. The smallest absolute Gasteiger partial charge is 0.241 e. The molecule has 5 heteroatoms. The highest BCUT2D eigenvalue weighted by Crippen LogP contribution is 2.13. The quantitative estimate of drug-likeness (QED) is 0.683. The van der Waals surface area contributed by atoms with Crippen molar-refractivity contribution in [3.8, 4) is 0 Å². The summed E-state index contributed by atoms with van der Waals surface area (Å²) in [6, 6.07) is 6.39. The number of benzene rings is 1. The maximum absolute atomic E-state index is 11.8. The van der Waals surface area contributed by atoms with E-state index in [1.165, 1.54) is 6.92 Å². The largest absolute Gasteiger partial charge is 0.392 e. The third kappa shape index (κ3) is 2.94. The second-order valence-corrected chi connectivity index (χ2v) is 4.47. The summed E-state index contributed by atoms with van der Waals surface area (Å²) in [5.74, 6) is -0.171. The van der Waals surface area contributed by atoms with Crippen molar-refractivity contribution in [2.45, 2.75) is 25.5 Å². The highest BCUT2D eigenvalue weighted by molar-refractivity contribution is 5.97. The molecule has 1 aliphatic heterocycles. The second-order valence-electron chi connectivity index (χ2n) is 4.47. The highest BCUT2D eigenvalue weighted by atomic mass is 16.3. The maximum Gasteiger partial charge on any atom is 0.241 e. The molecule has 2 rings (SSSR count). The van der Waals surface area contributed by atoms with E-state index in [2.05, 4.69) is 10.6 Å². The third-order valence-corrected chi connectivity index (χ3v) is 2.98. The lowest BCUT2D eigenvalue weighted by Gasteiger charge is -2.11. The van der Waals surface area contributed by atoms with Gasteiger partial charge in [-0.05, 0) is 37.6 Å². The SMILES string of the molecule is CC(=O)c1ccc(NC(=O)C2CC(O)CN2)cc1. The first-order valence-corrected chi connectivity index (χ1v) is 5.89. The molecule has 0 saturated carbocycles. The number of carbonyl (C=O) groups excluding carboxylic acids is 2. The number of carbonyl (C=O) groups is 2. The van der Waals surface area contributed by atoms with Crippen LogP contribution in [0.4, 0.5) is 5.69 Å². The van der Waals surface area contributed by atoms with E-state index in [1.807, 2.05) is 0 Å². The summed E-state index contributed by atoms with van der Waals surface area (Å²) in [5.41, 5.74) is 1.26. The third-order valence-electron chi connectivity index (χ3n) is 2.98. The first-order valence-electron chi connectivity index (χ1n) is 5.89. The van der Waals surface area contributed by atoms with Gasteiger partial charge in [0.25, 0.3) is 0 Å². The van der Waals surface area contributed by atoms with Crippen LogP contribution in [0.3, 0.4) is 0 Å². The fraction of sp³-hybridized carbons (Fsp3) is 0.385. The number of β-amino-alcohol motifs (C(OH)–C–C–N with tert-alkyl or cyclic N) is 1. The van der Waals surface area contributed by atoms with Crippen molar-refractivity contribution in [2.75, 3.05) is 11.9 Å². The van der Waals surface area contributed by atoms with Gasteiger partial charge in [0.15, 0.2) is 5.78 Å². The molecule has 1 aromatic rings. The van der Waals surface area contributed by atoms with Gasteiger partial charge in [-0.3, -0.25) is 9.59 Å². The Morgan fingerprint density at radius 2 is 2.00 bits per heavy atom. The number of Topliss-reactive ketones (excluding diaryl/α,β-unsaturated/α-hetero) is 1. The van der Waals surface area contributed by atoms with E-state index in [-0.39, 0.29) is 17.7 Å². The lowest BCUT2D eigenvalue weighted by Crippen LogP contribution is -2.35. The van der Waals surface area contributed by atoms with Gasteiger partial charge in [-0.15, -0.1) is 0 Å². The van der Waals surface area contributed by atoms with Gasteiger partial charge < -0.3 is 15.7 Å². The molecule has 2 unspecified atom stereocenters. The van der Waals surface area contributed by atoms with Crippen LogP contribution in [0.1, 0.15) is 23.7 Å². The number of nitrogens with one attached hydrogen (secondary N) is 2. The van der Waals surface area contributed by atoms with Crippen LogP contribution >= 0.6 is 0 Å². The Morgan fingerprint density at radius 3 is 2.50 bits per heavy atom. The number of aliphatic hydroxyl groups excluding tert-OH is 1. The Hall–Kier alpha value is -1.72. The van der Waals surface area contributed by atoms with Crippen LogP contribution in [0.15, 0.2) is 24.3 Å². The van der Waals surface area contributed by atoms with Crippen LogP contribution in [-0.4, -0.2) is 35.5 Å². The Labute approximate surface area is 105 Å². The second kappa shape index (κ2) is 5.29. The molecule has 1 saturated heterocycles. The van der Waals surface area contributed by atoms with Gasteiger partial charge in [0.2, 0.25) is 5.91 Å². The van der Waals surface area contributed by atoms with Gasteiger partial charge in [-0.25, -0.2) is 0 Å². The molecular weight excluding hydrogens is 232 g/mol. The molecule has 0 bridgehead atoms. The summed E-state index contributed by atoms with van der Waals surface area (Å²) in [4.78, 5) is 22.9. The van der Waals surface area contributed by atoms with Gasteiger partial charge in [0.05, 0.1) is 12.1 Å². The minimum absolute atomic E-state index is 0.00606. The first-order chi connectivity index (χ1) is 8.56. The molecule has 1 aromatic carbocycles. The number of hydrogen-bond acceptors (Lipinski definition) is 4. The van der Waals surface area contributed by atoms with E-state index in [0.717, 1.165) is 0 Å². The Kier molecular flexibility index (Phi) is 3.74. The maximum atomic E-state index is 11.8. The van der Waals surface area contributed by atoms with Crippen molar-refractivity contribution in [1.29, 1.82) is 0 Å². The van der Waals surface area contributed by atoms with E-state index in [0.29, 0.717) is 24.2 Å². The van der Waals surface area contributed by atoms with Crippen LogP contribution in [0.5, 0.6) is 0 Å². The number of ketones is 1. The van der Waals surface area contributed by atoms with Crippen LogP contribution in [0.2, 0.25) is 0 Å². The Balaban J connectivity index is 1.97. The van der Waals surface area contributed by atoms with Crippen molar-refractivity contribution in [2.24, 2.45) is 0 Å². The lowest BCUT2D eigenvalue weighted by atomic mass is 10.1. The molecule has 5 nitrogen and oxygen atoms in total. The molecule has 3 N–H and O–H groups in total. The number of hydrogen-bond donors (Lipinski definition) is 3. The molecule has 0 radical (unpaired) electrons. The molecular formula is C13H16N2O3. The van der Waals surface area contributed by atoms with Gasteiger partial charge in [-0.1, -0.05) is 0 Å². The van der Waals surface area contributed by atoms with Gasteiger partial charge in [0, 0.05) is 17.8 Å². The minimum atomic E-state index is -0.458. The Bertz CT molecular complexity index is 456. The zero-order chi connectivity index (χ0) is 13.1. The van der Waals surface area contributed by atoms with Crippen LogP contribution < -0.4 is 10.6 Å². The van der Waals surface area contributed by atoms with E-state index >= 15 is 0 Å². The number of anilines is 1. The summed E-state index contributed by atoms with van der Waals surface area (Å²) in [5, 5.41) is 15.0. The number of amides is 1. The van der Waals surface area contributed by atoms with E-state index in [4.69, 9.17) is 0 Å². The van der Waals surface area contributed by atoms with Crippen molar-refractivity contribution in [1.82, 2.24) is 5.32 Å². The molecule has 0 aliphatic carbocycles. The van der Waals surface area contributed by atoms with Crippen molar-refractivity contribution in [3.05, 3.63) is 29.8 Å². The standard InChI is InChI=1S/C13H16N2O3/c1-8(16)9-2-4-10(5-3-9)15-13(18)12-6-11(17)7-14-12/h2-5,11-12,14,17H,6-7H2,1H3,(H,15,18). The molecule has 0 aromatic heterocycles. The lowest BCUT2D eigenvalue weighted by molar-refractivity contribution is -0.117.